The van der Waals surface area contributed by atoms with Crippen molar-refractivity contribution in [2.45, 2.75) is 40.2 Å². The number of hydrogen-bond donors (Lipinski definition) is 1. The van der Waals surface area contributed by atoms with E-state index in [0.29, 0.717) is 12.0 Å². The van der Waals surface area contributed by atoms with Gasteiger partial charge in [0.2, 0.25) is 0 Å². The van der Waals surface area contributed by atoms with Crippen LogP contribution in [0.1, 0.15) is 32.8 Å². The van der Waals surface area contributed by atoms with Gasteiger partial charge in [-0.1, -0.05) is 26.8 Å². The van der Waals surface area contributed by atoms with Gasteiger partial charge in [-0.2, -0.15) is 0 Å². The zero-order valence-corrected chi connectivity index (χ0v) is 10.9. The van der Waals surface area contributed by atoms with Crippen LogP contribution in [0.2, 0.25) is 0 Å². The second kappa shape index (κ2) is 5.66. The van der Waals surface area contributed by atoms with Gasteiger partial charge in [-0.3, -0.25) is 10.1 Å². The van der Waals surface area contributed by atoms with Gasteiger partial charge in [0.05, 0.1) is 4.92 Å². The van der Waals surface area contributed by atoms with E-state index < -0.39 is 0 Å². The van der Waals surface area contributed by atoms with E-state index >= 15 is 0 Å². The van der Waals surface area contributed by atoms with Gasteiger partial charge >= 0.3 is 0 Å². The summed E-state index contributed by atoms with van der Waals surface area (Å²) in [5, 5.41) is 14.1. The fourth-order valence-electron chi connectivity index (χ4n) is 1.82. The Balaban J connectivity index is 2.96. The molecule has 0 fully saturated rings. The Morgan fingerprint density at radius 3 is 2.53 bits per heavy atom. The van der Waals surface area contributed by atoms with E-state index in [1.807, 2.05) is 6.92 Å². The first-order chi connectivity index (χ1) is 7.95. The van der Waals surface area contributed by atoms with E-state index in [-0.39, 0.29) is 10.6 Å². The van der Waals surface area contributed by atoms with Crippen LogP contribution in [0.5, 0.6) is 0 Å². The third kappa shape index (κ3) is 3.44. The van der Waals surface area contributed by atoms with Crippen molar-refractivity contribution >= 4 is 11.4 Å². The first-order valence-electron chi connectivity index (χ1n) is 5.97. The molecule has 0 saturated heterocycles. The van der Waals surface area contributed by atoms with E-state index in [1.54, 1.807) is 12.1 Å². The Morgan fingerprint density at radius 2 is 2.06 bits per heavy atom. The third-order valence-electron chi connectivity index (χ3n) is 3.02. The molecule has 4 heteroatoms. The van der Waals surface area contributed by atoms with E-state index in [2.05, 4.69) is 26.1 Å². The lowest BCUT2D eigenvalue weighted by molar-refractivity contribution is -0.384. The fraction of sp³-hybridized carbons (Fsp3) is 0.538. The minimum Gasteiger partial charge on any atom is -0.382 e. The molecule has 0 aliphatic carbocycles. The van der Waals surface area contributed by atoms with Crippen LogP contribution in [0.15, 0.2) is 18.2 Å². The Morgan fingerprint density at radius 1 is 1.41 bits per heavy atom. The molecule has 1 aromatic carbocycles. The third-order valence-corrected chi connectivity index (χ3v) is 3.02. The number of nitrogens with one attached hydrogen (secondary N) is 1. The van der Waals surface area contributed by atoms with Crippen molar-refractivity contribution in [3.8, 4) is 0 Å². The molecule has 1 N–H and O–H groups in total. The quantitative estimate of drug-likeness (QED) is 0.625. The topological polar surface area (TPSA) is 55.2 Å². The summed E-state index contributed by atoms with van der Waals surface area (Å²) in [5.41, 5.74) is 2.03. The molecule has 17 heavy (non-hydrogen) atoms. The lowest BCUT2D eigenvalue weighted by atomic mass is 10.0. The molecule has 0 bridgehead atoms. The molecule has 0 radical (unpaired) electrons. The number of anilines is 1. The summed E-state index contributed by atoms with van der Waals surface area (Å²) in [6, 6.07) is 5.28. The molecule has 0 spiro atoms. The van der Waals surface area contributed by atoms with Gasteiger partial charge in [0, 0.05) is 23.9 Å². The van der Waals surface area contributed by atoms with Crippen LogP contribution in [0.25, 0.3) is 0 Å². The smallest absolute Gasteiger partial charge is 0.271 e. The van der Waals surface area contributed by atoms with Crippen LogP contribution < -0.4 is 5.32 Å². The maximum Gasteiger partial charge on any atom is 0.271 e. The zero-order valence-electron chi connectivity index (χ0n) is 10.9. The molecular weight excluding hydrogens is 216 g/mol. The normalized spacial score (nSPS) is 12.5. The van der Waals surface area contributed by atoms with Crippen molar-refractivity contribution in [3.05, 3.63) is 33.9 Å². The minimum atomic E-state index is -0.360. The number of non-ortho nitro benzene ring substituents is 1. The minimum absolute atomic E-state index is 0.136. The molecule has 94 valence electrons. The highest BCUT2D eigenvalue weighted by atomic mass is 16.6. The van der Waals surface area contributed by atoms with Crippen LogP contribution in [-0.4, -0.2) is 11.0 Å². The van der Waals surface area contributed by atoms with Crippen LogP contribution in [0.4, 0.5) is 11.4 Å². The number of hydrogen-bond acceptors (Lipinski definition) is 3. The predicted molar refractivity (Wildman–Crippen MR) is 70.4 cm³/mol. The molecular formula is C13H20N2O2. The summed E-state index contributed by atoms with van der Waals surface area (Å²) < 4.78 is 0. The van der Waals surface area contributed by atoms with E-state index in [1.165, 1.54) is 6.07 Å². The zero-order chi connectivity index (χ0) is 13.0. The fourth-order valence-corrected chi connectivity index (χ4v) is 1.82. The SMILES string of the molecule is CCC(Nc1cc([N+](=O)[O-])ccc1C)C(C)C. The van der Waals surface area contributed by atoms with Crippen molar-refractivity contribution < 1.29 is 4.92 Å². The Labute approximate surface area is 102 Å². The van der Waals surface area contributed by atoms with Crippen LogP contribution in [0.3, 0.4) is 0 Å². The Bertz CT molecular complexity index is 402. The molecule has 1 rings (SSSR count). The lowest BCUT2D eigenvalue weighted by Gasteiger charge is -2.23. The molecule has 0 heterocycles. The summed E-state index contributed by atoms with van der Waals surface area (Å²) >= 11 is 0. The molecule has 0 aliphatic heterocycles. The molecule has 0 aromatic heterocycles. The second-order valence-electron chi connectivity index (χ2n) is 4.66. The highest BCUT2D eigenvalue weighted by Gasteiger charge is 2.14. The van der Waals surface area contributed by atoms with Gasteiger partial charge in [-0.05, 0) is 24.8 Å². The van der Waals surface area contributed by atoms with E-state index in [9.17, 15) is 10.1 Å². The number of nitrogens with zero attached hydrogens (tertiary/aromatic N) is 1. The monoisotopic (exact) mass is 236 g/mol. The summed E-state index contributed by atoms with van der Waals surface area (Å²) in [4.78, 5) is 10.4. The van der Waals surface area contributed by atoms with Crippen molar-refractivity contribution in [2.24, 2.45) is 5.92 Å². The van der Waals surface area contributed by atoms with Gasteiger partial charge in [0.15, 0.2) is 0 Å². The number of benzene rings is 1. The van der Waals surface area contributed by atoms with Crippen LogP contribution >= 0.6 is 0 Å². The van der Waals surface area contributed by atoms with Crippen LogP contribution in [-0.2, 0) is 0 Å². The highest BCUT2D eigenvalue weighted by Crippen LogP contribution is 2.24. The van der Waals surface area contributed by atoms with Crippen molar-refractivity contribution in [1.82, 2.24) is 0 Å². The summed E-state index contributed by atoms with van der Waals surface area (Å²) in [6.07, 6.45) is 1.000. The first kappa shape index (κ1) is 13.5. The number of nitro benzene ring substituents is 1. The van der Waals surface area contributed by atoms with Crippen molar-refractivity contribution in [3.63, 3.8) is 0 Å². The molecule has 1 atom stereocenters. The molecule has 0 aliphatic rings. The molecule has 1 unspecified atom stereocenters. The van der Waals surface area contributed by atoms with Crippen molar-refractivity contribution in [1.29, 1.82) is 0 Å². The van der Waals surface area contributed by atoms with Gasteiger partial charge in [-0.15, -0.1) is 0 Å². The Hall–Kier alpha value is -1.58. The van der Waals surface area contributed by atoms with E-state index in [4.69, 9.17) is 0 Å². The molecule has 4 nitrogen and oxygen atoms in total. The molecule has 0 amide bonds. The summed E-state index contributed by atoms with van der Waals surface area (Å²) in [7, 11) is 0. The average Bonchev–Trinajstić information content (AvgIpc) is 2.27. The number of rotatable bonds is 5. The van der Waals surface area contributed by atoms with Gasteiger partial charge in [-0.25, -0.2) is 0 Å². The van der Waals surface area contributed by atoms with Crippen LogP contribution in [0, 0.1) is 23.0 Å². The summed E-state index contributed by atoms with van der Waals surface area (Å²) in [5.74, 6) is 0.499. The summed E-state index contributed by atoms with van der Waals surface area (Å²) in [6.45, 7) is 8.37. The largest absolute Gasteiger partial charge is 0.382 e. The maximum absolute atomic E-state index is 10.7. The van der Waals surface area contributed by atoms with Gasteiger partial charge in [0.1, 0.15) is 0 Å². The van der Waals surface area contributed by atoms with E-state index in [0.717, 1.165) is 17.7 Å². The maximum atomic E-state index is 10.7. The van der Waals surface area contributed by atoms with Crippen molar-refractivity contribution in [2.75, 3.05) is 5.32 Å². The first-order valence-corrected chi connectivity index (χ1v) is 5.97. The lowest BCUT2D eigenvalue weighted by Crippen LogP contribution is -2.25. The second-order valence-corrected chi connectivity index (χ2v) is 4.66. The molecule has 0 saturated carbocycles. The Kier molecular flexibility index (Phi) is 4.49. The highest BCUT2D eigenvalue weighted by molar-refractivity contribution is 5.57. The van der Waals surface area contributed by atoms with Gasteiger partial charge in [0.25, 0.3) is 5.69 Å². The number of aryl methyl sites for hydroxylation is 1. The molecule has 1 aromatic rings. The standard InChI is InChI=1S/C13H20N2O2/c1-5-12(9(2)3)14-13-8-11(15(16)17)7-6-10(13)4/h6-9,12,14H,5H2,1-4H3. The average molecular weight is 236 g/mol. The van der Waals surface area contributed by atoms with Gasteiger partial charge < -0.3 is 5.32 Å². The number of nitro groups is 1. The predicted octanol–water partition coefficient (Wildman–Crippen LogP) is 3.75.